The van der Waals surface area contributed by atoms with Crippen molar-refractivity contribution in [3.8, 4) is 6.07 Å². The largest absolute Gasteiger partial charge is 0.353 e. The molecular formula is C13H13N5S2. The highest BCUT2D eigenvalue weighted by atomic mass is 32.2. The third kappa shape index (κ3) is 2.49. The van der Waals surface area contributed by atoms with Crippen LogP contribution in [0, 0.1) is 11.3 Å². The normalized spacial score (nSPS) is 13.1. The number of hydrogen-bond donors (Lipinski definition) is 0. The van der Waals surface area contributed by atoms with Gasteiger partial charge in [-0.05, 0) is 42.7 Å². The minimum absolute atomic E-state index is 0.636. The van der Waals surface area contributed by atoms with Crippen molar-refractivity contribution in [2.45, 2.75) is 28.6 Å². The first-order valence-corrected chi connectivity index (χ1v) is 7.92. The van der Waals surface area contributed by atoms with Gasteiger partial charge in [-0.15, -0.1) is 10.2 Å². The molecule has 20 heavy (non-hydrogen) atoms. The van der Waals surface area contributed by atoms with E-state index in [1.54, 1.807) is 0 Å². The Kier molecular flexibility index (Phi) is 3.59. The van der Waals surface area contributed by atoms with Crippen LogP contribution in [0.5, 0.6) is 0 Å². The highest BCUT2D eigenvalue weighted by Gasteiger charge is 2.18. The zero-order valence-electron chi connectivity index (χ0n) is 11.3. The van der Waals surface area contributed by atoms with Crippen LogP contribution in [0.1, 0.15) is 23.2 Å². The van der Waals surface area contributed by atoms with Crippen LogP contribution >= 0.6 is 23.1 Å². The molecule has 0 bridgehead atoms. The second-order valence-electron chi connectivity index (χ2n) is 4.76. The van der Waals surface area contributed by atoms with Gasteiger partial charge in [-0.3, -0.25) is 0 Å². The Morgan fingerprint density at radius 2 is 2.20 bits per heavy atom. The number of pyridine rings is 1. The molecule has 2 aromatic heterocycles. The molecular weight excluding hydrogens is 290 g/mol. The summed E-state index contributed by atoms with van der Waals surface area (Å²) in [7, 11) is 3.87. The van der Waals surface area contributed by atoms with Crippen molar-refractivity contribution in [3.05, 3.63) is 22.9 Å². The molecule has 2 aromatic rings. The zero-order chi connectivity index (χ0) is 14.1. The highest BCUT2D eigenvalue weighted by molar-refractivity contribution is 8.01. The molecule has 5 nitrogen and oxygen atoms in total. The number of aryl methyl sites for hydroxylation is 2. The Morgan fingerprint density at radius 1 is 1.35 bits per heavy atom. The number of fused-ring (bicyclic) bond motifs is 1. The molecule has 0 amide bonds. The number of anilines is 1. The lowest BCUT2D eigenvalue weighted by Crippen LogP contribution is -2.07. The SMILES string of the molecule is CN(C)c1nnc(Sc2nc3c(cc2C#N)CCC3)s1. The van der Waals surface area contributed by atoms with Crippen LogP contribution in [-0.4, -0.2) is 29.3 Å². The van der Waals surface area contributed by atoms with Crippen molar-refractivity contribution in [3.63, 3.8) is 0 Å². The van der Waals surface area contributed by atoms with Crippen molar-refractivity contribution in [1.29, 1.82) is 5.26 Å². The van der Waals surface area contributed by atoms with Crippen LogP contribution in [0.15, 0.2) is 15.4 Å². The summed E-state index contributed by atoms with van der Waals surface area (Å²) in [5.74, 6) is 0. The summed E-state index contributed by atoms with van der Waals surface area (Å²) in [4.78, 5) is 6.56. The Bertz CT molecular complexity index is 687. The topological polar surface area (TPSA) is 65.7 Å². The predicted molar refractivity (Wildman–Crippen MR) is 79.3 cm³/mol. The molecule has 0 unspecified atom stereocenters. The summed E-state index contributed by atoms with van der Waals surface area (Å²) >= 11 is 2.93. The molecule has 7 heteroatoms. The fourth-order valence-corrected chi connectivity index (χ4v) is 3.86. The van der Waals surface area contributed by atoms with Gasteiger partial charge in [-0.1, -0.05) is 11.3 Å². The fourth-order valence-electron chi connectivity index (χ4n) is 2.12. The minimum atomic E-state index is 0.636. The van der Waals surface area contributed by atoms with Gasteiger partial charge >= 0.3 is 0 Å². The number of nitriles is 1. The molecule has 0 atom stereocenters. The summed E-state index contributed by atoms with van der Waals surface area (Å²) in [6.07, 6.45) is 3.17. The standard InChI is InChI=1S/C13H13N5S2/c1-18(2)12-16-17-13(20-12)19-11-9(7-14)6-8-4-3-5-10(8)15-11/h6H,3-5H2,1-2H3. The van der Waals surface area contributed by atoms with E-state index in [9.17, 15) is 5.26 Å². The summed E-state index contributed by atoms with van der Waals surface area (Å²) in [5, 5.41) is 19.1. The van der Waals surface area contributed by atoms with E-state index < -0.39 is 0 Å². The summed E-state index contributed by atoms with van der Waals surface area (Å²) in [5.41, 5.74) is 2.98. The quantitative estimate of drug-likeness (QED) is 0.868. The monoisotopic (exact) mass is 303 g/mol. The maximum atomic E-state index is 9.28. The molecule has 3 rings (SSSR count). The van der Waals surface area contributed by atoms with E-state index in [-0.39, 0.29) is 0 Å². The van der Waals surface area contributed by atoms with E-state index in [2.05, 4.69) is 21.3 Å². The number of aromatic nitrogens is 3. The Morgan fingerprint density at radius 3 is 2.90 bits per heavy atom. The summed E-state index contributed by atoms with van der Waals surface area (Å²) < 4.78 is 0.815. The predicted octanol–water partition coefficient (Wildman–Crippen LogP) is 2.51. The molecule has 0 saturated carbocycles. The van der Waals surface area contributed by atoms with Crippen LogP contribution in [-0.2, 0) is 12.8 Å². The molecule has 0 fully saturated rings. The molecule has 1 aliphatic carbocycles. The van der Waals surface area contributed by atoms with Gasteiger partial charge < -0.3 is 4.90 Å². The molecule has 0 radical (unpaired) electrons. The van der Waals surface area contributed by atoms with Crippen LogP contribution in [0.2, 0.25) is 0 Å². The van der Waals surface area contributed by atoms with Gasteiger partial charge in [0.05, 0.1) is 5.56 Å². The van der Waals surface area contributed by atoms with E-state index in [4.69, 9.17) is 0 Å². The first kappa shape index (κ1) is 13.3. The van der Waals surface area contributed by atoms with Gasteiger partial charge in [0.25, 0.3) is 0 Å². The lowest BCUT2D eigenvalue weighted by atomic mass is 10.2. The maximum absolute atomic E-state index is 9.28. The molecule has 0 aromatic carbocycles. The molecule has 102 valence electrons. The first-order chi connectivity index (χ1) is 9.67. The summed E-state index contributed by atoms with van der Waals surface area (Å²) in [6, 6.07) is 4.22. The van der Waals surface area contributed by atoms with Gasteiger partial charge in [-0.25, -0.2) is 4.98 Å². The second-order valence-corrected chi connectivity index (χ2v) is 6.95. The fraction of sp³-hybridized carbons (Fsp3) is 0.385. The Hall–Kier alpha value is -1.65. The lowest BCUT2D eigenvalue weighted by molar-refractivity contribution is 0.890. The third-order valence-corrected chi connectivity index (χ3v) is 5.25. The van der Waals surface area contributed by atoms with E-state index in [1.165, 1.54) is 28.7 Å². The molecule has 0 aliphatic heterocycles. The first-order valence-electron chi connectivity index (χ1n) is 6.29. The second kappa shape index (κ2) is 5.38. The van der Waals surface area contributed by atoms with Crippen LogP contribution in [0.4, 0.5) is 5.13 Å². The van der Waals surface area contributed by atoms with Gasteiger partial charge in [0.2, 0.25) is 5.13 Å². The Balaban J connectivity index is 1.92. The lowest BCUT2D eigenvalue weighted by Gasteiger charge is -2.05. The maximum Gasteiger partial charge on any atom is 0.208 e. The smallest absolute Gasteiger partial charge is 0.208 e. The van der Waals surface area contributed by atoms with Crippen molar-refractivity contribution in [2.24, 2.45) is 0 Å². The van der Waals surface area contributed by atoms with E-state index in [1.807, 2.05) is 25.1 Å². The van der Waals surface area contributed by atoms with Gasteiger partial charge in [0, 0.05) is 19.8 Å². The van der Waals surface area contributed by atoms with Crippen molar-refractivity contribution in [1.82, 2.24) is 15.2 Å². The third-order valence-electron chi connectivity index (χ3n) is 3.10. The number of hydrogen-bond acceptors (Lipinski definition) is 7. The minimum Gasteiger partial charge on any atom is -0.353 e. The highest BCUT2D eigenvalue weighted by Crippen LogP contribution is 2.35. The molecule has 0 N–H and O–H groups in total. The van der Waals surface area contributed by atoms with Crippen molar-refractivity contribution < 1.29 is 0 Å². The van der Waals surface area contributed by atoms with Crippen LogP contribution in [0.3, 0.4) is 0 Å². The molecule has 0 saturated heterocycles. The van der Waals surface area contributed by atoms with Crippen LogP contribution in [0.25, 0.3) is 0 Å². The van der Waals surface area contributed by atoms with E-state index in [0.717, 1.165) is 39.5 Å². The molecule has 0 spiro atoms. The van der Waals surface area contributed by atoms with Crippen LogP contribution < -0.4 is 4.90 Å². The van der Waals surface area contributed by atoms with Crippen molar-refractivity contribution >= 4 is 28.2 Å². The molecule has 2 heterocycles. The summed E-state index contributed by atoms with van der Waals surface area (Å²) in [6.45, 7) is 0. The molecule has 1 aliphatic rings. The van der Waals surface area contributed by atoms with E-state index >= 15 is 0 Å². The van der Waals surface area contributed by atoms with Crippen molar-refractivity contribution in [2.75, 3.05) is 19.0 Å². The number of nitrogens with zero attached hydrogens (tertiary/aromatic N) is 5. The zero-order valence-corrected chi connectivity index (χ0v) is 12.9. The van der Waals surface area contributed by atoms with Gasteiger partial charge in [-0.2, -0.15) is 5.26 Å². The average molecular weight is 303 g/mol. The average Bonchev–Trinajstić information content (AvgIpc) is 3.06. The Labute approximate surface area is 125 Å². The number of rotatable bonds is 3. The van der Waals surface area contributed by atoms with Gasteiger partial charge in [0.1, 0.15) is 11.1 Å². The van der Waals surface area contributed by atoms with Gasteiger partial charge in [0.15, 0.2) is 4.34 Å². The van der Waals surface area contributed by atoms with E-state index in [0.29, 0.717) is 5.56 Å².